The maximum Gasteiger partial charge on any atom is 0.304 e. The Labute approximate surface area is 127 Å². The van der Waals surface area contributed by atoms with Crippen molar-refractivity contribution in [2.75, 3.05) is 0 Å². The first kappa shape index (κ1) is 14.6. The summed E-state index contributed by atoms with van der Waals surface area (Å²) in [6.07, 6.45) is 7.44. The van der Waals surface area contributed by atoms with Crippen LogP contribution in [0.15, 0.2) is 24.3 Å². The first-order chi connectivity index (χ1) is 9.92. The first-order valence-electron chi connectivity index (χ1n) is 8.23. The highest BCUT2D eigenvalue weighted by Crippen LogP contribution is 2.54. The van der Waals surface area contributed by atoms with E-state index in [-0.39, 0.29) is 5.41 Å². The van der Waals surface area contributed by atoms with Gasteiger partial charge in [-0.1, -0.05) is 44.5 Å². The SMILES string of the molecule is CC1(C)CCCC(c2ccccc2C2(CC(=O)O)CC2)C1. The lowest BCUT2D eigenvalue weighted by Crippen LogP contribution is -2.24. The highest BCUT2D eigenvalue weighted by molar-refractivity contribution is 5.70. The van der Waals surface area contributed by atoms with Gasteiger partial charge >= 0.3 is 5.97 Å². The molecule has 2 aliphatic carbocycles. The monoisotopic (exact) mass is 286 g/mol. The van der Waals surface area contributed by atoms with Gasteiger partial charge in [-0.15, -0.1) is 0 Å². The summed E-state index contributed by atoms with van der Waals surface area (Å²) in [5.74, 6) is -0.0532. The van der Waals surface area contributed by atoms with Crippen molar-refractivity contribution < 1.29 is 9.90 Å². The zero-order chi connectivity index (χ0) is 15.1. The third kappa shape index (κ3) is 3.00. The molecule has 0 heterocycles. The van der Waals surface area contributed by atoms with Crippen molar-refractivity contribution in [3.8, 4) is 0 Å². The Hall–Kier alpha value is -1.31. The van der Waals surface area contributed by atoms with E-state index in [0.717, 1.165) is 12.8 Å². The van der Waals surface area contributed by atoms with Crippen LogP contribution in [0.1, 0.15) is 75.8 Å². The van der Waals surface area contributed by atoms with E-state index in [1.54, 1.807) is 0 Å². The summed E-state index contributed by atoms with van der Waals surface area (Å²) < 4.78 is 0. The molecule has 2 heteroatoms. The molecule has 2 aliphatic rings. The van der Waals surface area contributed by atoms with Gasteiger partial charge in [0.25, 0.3) is 0 Å². The van der Waals surface area contributed by atoms with E-state index in [4.69, 9.17) is 0 Å². The van der Waals surface area contributed by atoms with Crippen molar-refractivity contribution in [1.29, 1.82) is 0 Å². The molecule has 2 fully saturated rings. The van der Waals surface area contributed by atoms with Crippen LogP contribution < -0.4 is 0 Å². The van der Waals surface area contributed by atoms with E-state index in [2.05, 4.69) is 38.1 Å². The molecular formula is C19H26O2. The number of hydrogen-bond acceptors (Lipinski definition) is 1. The molecule has 1 atom stereocenters. The molecule has 0 saturated heterocycles. The number of hydrogen-bond donors (Lipinski definition) is 1. The van der Waals surface area contributed by atoms with Gasteiger partial charge in [0.05, 0.1) is 6.42 Å². The van der Waals surface area contributed by atoms with Crippen molar-refractivity contribution >= 4 is 5.97 Å². The fraction of sp³-hybridized carbons (Fsp3) is 0.632. The van der Waals surface area contributed by atoms with E-state index < -0.39 is 5.97 Å². The zero-order valence-electron chi connectivity index (χ0n) is 13.2. The molecule has 1 unspecified atom stereocenters. The normalized spacial score (nSPS) is 26.3. The molecule has 0 aromatic heterocycles. The fourth-order valence-corrected chi connectivity index (χ4v) is 4.28. The van der Waals surface area contributed by atoms with E-state index in [1.165, 1.54) is 36.8 Å². The molecule has 0 amide bonds. The van der Waals surface area contributed by atoms with Gasteiger partial charge in [-0.05, 0) is 54.6 Å². The molecule has 0 radical (unpaired) electrons. The third-order valence-electron chi connectivity index (χ3n) is 5.52. The molecule has 1 N–H and O–H groups in total. The molecule has 2 saturated carbocycles. The lowest BCUT2D eigenvalue weighted by molar-refractivity contribution is -0.137. The van der Waals surface area contributed by atoms with Crippen LogP contribution in [0.5, 0.6) is 0 Å². The van der Waals surface area contributed by atoms with Crippen molar-refractivity contribution in [1.82, 2.24) is 0 Å². The van der Waals surface area contributed by atoms with Crippen molar-refractivity contribution in [3.63, 3.8) is 0 Å². The van der Waals surface area contributed by atoms with Crippen molar-refractivity contribution in [2.45, 2.75) is 70.1 Å². The molecule has 1 aromatic carbocycles. The molecule has 3 rings (SSSR count). The molecule has 0 aliphatic heterocycles. The van der Waals surface area contributed by atoms with Gasteiger partial charge in [0.1, 0.15) is 0 Å². The summed E-state index contributed by atoms with van der Waals surface area (Å²) in [7, 11) is 0. The van der Waals surface area contributed by atoms with Crippen LogP contribution in [-0.2, 0) is 10.2 Å². The largest absolute Gasteiger partial charge is 0.481 e. The molecule has 21 heavy (non-hydrogen) atoms. The summed E-state index contributed by atoms with van der Waals surface area (Å²) >= 11 is 0. The van der Waals surface area contributed by atoms with Gasteiger partial charge in [-0.2, -0.15) is 0 Å². The summed E-state index contributed by atoms with van der Waals surface area (Å²) in [6, 6.07) is 8.64. The highest BCUT2D eigenvalue weighted by atomic mass is 16.4. The summed E-state index contributed by atoms with van der Waals surface area (Å²) in [5, 5.41) is 9.23. The van der Waals surface area contributed by atoms with Crippen LogP contribution in [0, 0.1) is 5.41 Å². The van der Waals surface area contributed by atoms with E-state index in [9.17, 15) is 9.90 Å². The van der Waals surface area contributed by atoms with Crippen LogP contribution in [0.4, 0.5) is 0 Å². The maximum atomic E-state index is 11.2. The van der Waals surface area contributed by atoms with E-state index in [0.29, 0.717) is 17.8 Å². The average Bonchev–Trinajstić information content (AvgIpc) is 3.17. The summed E-state index contributed by atoms with van der Waals surface area (Å²) in [6.45, 7) is 4.73. The lowest BCUT2D eigenvalue weighted by Gasteiger charge is -2.37. The Bertz CT molecular complexity index is 540. The standard InChI is InChI=1S/C19H26O2/c1-18(2)9-5-6-14(12-18)15-7-3-4-8-16(15)19(10-11-19)13-17(20)21/h3-4,7-8,14H,5-6,9-13H2,1-2H3,(H,20,21). The van der Waals surface area contributed by atoms with Gasteiger partial charge in [0.2, 0.25) is 0 Å². The minimum atomic E-state index is -0.661. The quantitative estimate of drug-likeness (QED) is 0.856. The minimum Gasteiger partial charge on any atom is -0.481 e. The highest BCUT2D eigenvalue weighted by Gasteiger charge is 2.47. The molecular weight excluding hydrogens is 260 g/mol. The van der Waals surface area contributed by atoms with Crippen molar-refractivity contribution in [3.05, 3.63) is 35.4 Å². The van der Waals surface area contributed by atoms with Gasteiger partial charge in [0, 0.05) is 5.41 Å². The van der Waals surface area contributed by atoms with Gasteiger partial charge < -0.3 is 5.11 Å². The number of aliphatic carboxylic acids is 1. The number of carboxylic acids is 1. The summed E-state index contributed by atoms with van der Waals surface area (Å²) in [4.78, 5) is 11.2. The molecule has 1 aromatic rings. The van der Waals surface area contributed by atoms with E-state index >= 15 is 0 Å². The fourth-order valence-electron chi connectivity index (χ4n) is 4.28. The Kier molecular flexibility index (Phi) is 3.59. The van der Waals surface area contributed by atoms with Gasteiger partial charge in [-0.3, -0.25) is 4.79 Å². The predicted molar refractivity (Wildman–Crippen MR) is 84.6 cm³/mol. The molecule has 0 spiro atoms. The second-order valence-electron chi connectivity index (χ2n) is 7.90. The zero-order valence-corrected chi connectivity index (χ0v) is 13.2. The number of benzene rings is 1. The Morgan fingerprint density at radius 3 is 2.57 bits per heavy atom. The molecule has 2 nitrogen and oxygen atoms in total. The summed E-state index contributed by atoms with van der Waals surface area (Å²) in [5.41, 5.74) is 3.11. The number of carboxylic acid groups (broad SMARTS) is 1. The van der Waals surface area contributed by atoms with Crippen LogP contribution >= 0.6 is 0 Å². The van der Waals surface area contributed by atoms with Gasteiger partial charge in [0.15, 0.2) is 0 Å². The number of carbonyl (C=O) groups is 1. The third-order valence-corrected chi connectivity index (χ3v) is 5.52. The van der Waals surface area contributed by atoms with Crippen LogP contribution in [0.25, 0.3) is 0 Å². The second kappa shape index (κ2) is 5.15. The minimum absolute atomic E-state index is 0.0655. The van der Waals surface area contributed by atoms with Crippen LogP contribution in [0.2, 0.25) is 0 Å². The van der Waals surface area contributed by atoms with Gasteiger partial charge in [-0.25, -0.2) is 0 Å². The van der Waals surface area contributed by atoms with Crippen molar-refractivity contribution in [2.24, 2.45) is 5.41 Å². The second-order valence-corrected chi connectivity index (χ2v) is 7.90. The maximum absolute atomic E-state index is 11.2. The Morgan fingerprint density at radius 2 is 1.95 bits per heavy atom. The average molecular weight is 286 g/mol. The smallest absolute Gasteiger partial charge is 0.304 e. The molecule has 114 valence electrons. The topological polar surface area (TPSA) is 37.3 Å². The predicted octanol–water partition coefficient (Wildman–Crippen LogP) is 4.88. The van der Waals surface area contributed by atoms with E-state index in [1.807, 2.05) is 0 Å². The Morgan fingerprint density at radius 1 is 1.24 bits per heavy atom. The van der Waals surface area contributed by atoms with Crippen LogP contribution in [-0.4, -0.2) is 11.1 Å². The first-order valence-corrected chi connectivity index (χ1v) is 8.23. The number of rotatable bonds is 4. The molecule has 0 bridgehead atoms. The Balaban J connectivity index is 1.92. The van der Waals surface area contributed by atoms with Crippen LogP contribution in [0.3, 0.4) is 0 Å². The lowest BCUT2D eigenvalue weighted by atomic mass is 9.68.